The normalized spacial score (nSPS) is 10.3. The Morgan fingerprint density at radius 2 is 1.83 bits per heavy atom. The van der Waals surface area contributed by atoms with Gasteiger partial charge in [0.2, 0.25) is 0 Å². The number of nitrogens with two attached hydrogens (primary N) is 1. The summed E-state index contributed by atoms with van der Waals surface area (Å²) in [5.74, 6) is 0.0537. The summed E-state index contributed by atoms with van der Waals surface area (Å²) in [6.45, 7) is 0. The van der Waals surface area contributed by atoms with Crippen LogP contribution < -0.4 is 5.73 Å². The standard InChI is InChI=1S/C14H11BrClNO/c15-12-8-10(3-6-13(12)17)14(18)7-9-1-4-11(16)5-2-9/h1-6,8H,7,17H2. The number of hydrogen-bond acceptors (Lipinski definition) is 2. The van der Waals surface area contributed by atoms with Gasteiger partial charge >= 0.3 is 0 Å². The quantitative estimate of drug-likeness (QED) is 0.682. The van der Waals surface area contributed by atoms with Gasteiger partial charge in [0, 0.05) is 27.2 Å². The average molecular weight is 325 g/mol. The first-order chi connectivity index (χ1) is 8.56. The van der Waals surface area contributed by atoms with Crippen molar-refractivity contribution in [2.45, 2.75) is 6.42 Å². The van der Waals surface area contributed by atoms with Gasteiger partial charge in [0.15, 0.2) is 5.78 Å². The topological polar surface area (TPSA) is 43.1 Å². The van der Waals surface area contributed by atoms with Crippen molar-refractivity contribution < 1.29 is 4.79 Å². The second-order valence-corrected chi connectivity index (χ2v) is 5.25. The zero-order chi connectivity index (χ0) is 13.1. The number of carbonyl (C=O) groups is 1. The molecule has 2 rings (SSSR count). The Kier molecular flexibility index (Phi) is 4.04. The summed E-state index contributed by atoms with van der Waals surface area (Å²) in [7, 11) is 0. The third kappa shape index (κ3) is 3.12. The second kappa shape index (κ2) is 5.55. The highest BCUT2D eigenvalue weighted by Gasteiger charge is 2.08. The molecule has 0 aromatic heterocycles. The summed E-state index contributed by atoms with van der Waals surface area (Å²) in [6, 6.07) is 12.5. The van der Waals surface area contributed by atoms with Crippen molar-refractivity contribution in [1.29, 1.82) is 0 Å². The van der Waals surface area contributed by atoms with E-state index >= 15 is 0 Å². The maximum absolute atomic E-state index is 12.1. The largest absolute Gasteiger partial charge is 0.398 e. The molecule has 92 valence electrons. The van der Waals surface area contributed by atoms with Crippen LogP contribution in [0.25, 0.3) is 0 Å². The van der Waals surface area contributed by atoms with Crippen molar-refractivity contribution in [2.75, 3.05) is 5.73 Å². The van der Waals surface area contributed by atoms with Crippen LogP contribution in [0.15, 0.2) is 46.9 Å². The third-order valence-corrected chi connectivity index (χ3v) is 3.54. The lowest BCUT2D eigenvalue weighted by molar-refractivity contribution is 0.0993. The van der Waals surface area contributed by atoms with Crippen molar-refractivity contribution in [2.24, 2.45) is 0 Å². The van der Waals surface area contributed by atoms with Crippen molar-refractivity contribution in [3.05, 3.63) is 63.1 Å². The number of halogens is 2. The molecular formula is C14H11BrClNO. The molecule has 0 amide bonds. The van der Waals surface area contributed by atoms with E-state index in [2.05, 4.69) is 15.9 Å². The fourth-order valence-electron chi connectivity index (χ4n) is 1.59. The number of benzene rings is 2. The predicted molar refractivity (Wildman–Crippen MR) is 78.0 cm³/mol. The van der Waals surface area contributed by atoms with Gasteiger partial charge in [0.05, 0.1) is 0 Å². The van der Waals surface area contributed by atoms with E-state index in [9.17, 15) is 4.79 Å². The van der Waals surface area contributed by atoms with Gasteiger partial charge < -0.3 is 5.73 Å². The minimum Gasteiger partial charge on any atom is -0.398 e. The van der Waals surface area contributed by atoms with Crippen LogP contribution in [0.3, 0.4) is 0 Å². The maximum atomic E-state index is 12.1. The van der Waals surface area contributed by atoms with E-state index in [0.717, 1.165) is 10.0 Å². The first kappa shape index (κ1) is 13.1. The van der Waals surface area contributed by atoms with E-state index in [0.29, 0.717) is 22.7 Å². The van der Waals surface area contributed by atoms with Gasteiger partial charge in [-0.05, 0) is 51.8 Å². The lowest BCUT2D eigenvalue weighted by atomic mass is 10.0. The third-order valence-electron chi connectivity index (χ3n) is 2.60. The van der Waals surface area contributed by atoms with Crippen LogP contribution in [-0.4, -0.2) is 5.78 Å². The molecule has 0 unspecified atom stereocenters. The molecule has 2 N–H and O–H groups in total. The first-order valence-corrected chi connectivity index (χ1v) is 6.56. The maximum Gasteiger partial charge on any atom is 0.167 e. The summed E-state index contributed by atoms with van der Waals surface area (Å²) in [5, 5.41) is 0.668. The molecule has 0 aliphatic carbocycles. The van der Waals surface area contributed by atoms with Gasteiger partial charge in [-0.15, -0.1) is 0 Å². The Bertz CT molecular complexity index is 581. The second-order valence-electron chi connectivity index (χ2n) is 3.96. The van der Waals surface area contributed by atoms with Gasteiger partial charge in [-0.3, -0.25) is 4.79 Å². The molecule has 2 nitrogen and oxygen atoms in total. The zero-order valence-electron chi connectivity index (χ0n) is 9.49. The number of nitrogen functional groups attached to an aromatic ring is 1. The van der Waals surface area contributed by atoms with E-state index in [1.165, 1.54) is 0 Å². The summed E-state index contributed by atoms with van der Waals surface area (Å²) < 4.78 is 0.740. The SMILES string of the molecule is Nc1ccc(C(=O)Cc2ccc(Cl)cc2)cc1Br. The minimum absolute atomic E-state index is 0.0537. The molecule has 0 aliphatic heterocycles. The molecule has 0 saturated carbocycles. The summed E-state index contributed by atoms with van der Waals surface area (Å²) in [4.78, 5) is 12.1. The molecule has 0 saturated heterocycles. The monoisotopic (exact) mass is 323 g/mol. The van der Waals surface area contributed by atoms with Crippen LogP contribution in [0.1, 0.15) is 15.9 Å². The molecule has 4 heteroatoms. The van der Waals surface area contributed by atoms with Crippen LogP contribution >= 0.6 is 27.5 Å². The van der Waals surface area contributed by atoms with Crippen LogP contribution in [0.5, 0.6) is 0 Å². The van der Waals surface area contributed by atoms with Crippen LogP contribution in [0.4, 0.5) is 5.69 Å². The molecule has 0 spiro atoms. The molecule has 2 aromatic carbocycles. The van der Waals surface area contributed by atoms with Crippen LogP contribution in [0.2, 0.25) is 5.02 Å². The van der Waals surface area contributed by atoms with Crippen molar-refractivity contribution in [3.8, 4) is 0 Å². The smallest absolute Gasteiger partial charge is 0.167 e. The van der Waals surface area contributed by atoms with Crippen LogP contribution in [0, 0.1) is 0 Å². The van der Waals surface area contributed by atoms with E-state index in [4.69, 9.17) is 17.3 Å². The Morgan fingerprint density at radius 3 is 2.44 bits per heavy atom. The number of ketones is 1. The summed E-state index contributed by atoms with van der Waals surface area (Å²) >= 11 is 9.11. The van der Waals surface area contributed by atoms with Crippen molar-refractivity contribution in [1.82, 2.24) is 0 Å². The van der Waals surface area contributed by atoms with E-state index in [-0.39, 0.29) is 5.78 Å². The molecule has 18 heavy (non-hydrogen) atoms. The Labute approximate surface area is 119 Å². The predicted octanol–water partition coefficient (Wildman–Crippen LogP) is 4.11. The van der Waals surface area contributed by atoms with E-state index < -0.39 is 0 Å². The molecule has 0 heterocycles. The van der Waals surface area contributed by atoms with E-state index in [1.54, 1.807) is 30.3 Å². The number of carbonyl (C=O) groups excluding carboxylic acids is 1. The highest BCUT2D eigenvalue weighted by atomic mass is 79.9. The Morgan fingerprint density at radius 1 is 1.17 bits per heavy atom. The molecule has 0 bridgehead atoms. The minimum atomic E-state index is 0.0537. The molecular weight excluding hydrogens is 314 g/mol. The fraction of sp³-hybridized carbons (Fsp3) is 0.0714. The summed E-state index contributed by atoms with van der Waals surface area (Å²) in [5.41, 5.74) is 7.89. The van der Waals surface area contributed by atoms with Gasteiger partial charge in [-0.1, -0.05) is 23.7 Å². The van der Waals surface area contributed by atoms with Crippen molar-refractivity contribution in [3.63, 3.8) is 0 Å². The average Bonchev–Trinajstić information content (AvgIpc) is 2.35. The lowest BCUT2D eigenvalue weighted by Gasteiger charge is -2.04. The van der Waals surface area contributed by atoms with Gasteiger partial charge in [-0.2, -0.15) is 0 Å². The van der Waals surface area contributed by atoms with Crippen LogP contribution in [-0.2, 0) is 6.42 Å². The number of anilines is 1. The summed E-state index contributed by atoms with van der Waals surface area (Å²) in [6.07, 6.45) is 0.355. The number of Topliss-reactive ketones (excluding diaryl/α,β-unsaturated/α-hetero) is 1. The number of rotatable bonds is 3. The number of hydrogen-bond donors (Lipinski definition) is 1. The lowest BCUT2D eigenvalue weighted by Crippen LogP contribution is -2.04. The highest BCUT2D eigenvalue weighted by Crippen LogP contribution is 2.21. The molecule has 0 fully saturated rings. The first-order valence-electron chi connectivity index (χ1n) is 5.39. The van der Waals surface area contributed by atoms with Gasteiger partial charge in [0.25, 0.3) is 0 Å². The Hall–Kier alpha value is -1.32. The van der Waals surface area contributed by atoms with E-state index in [1.807, 2.05) is 12.1 Å². The zero-order valence-corrected chi connectivity index (χ0v) is 11.8. The molecule has 0 atom stereocenters. The fourth-order valence-corrected chi connectivity index (χ4v) is 2.10. The van der Waals surface area contributed by atoms with Gasteiger partial charge in [0.1, 0.15) is 0 Å². The molecule has 2 aromatic rings. The molecule has 0 radical (unpaired) electrons. The Balaban J connectivity index is 2.16. The molecule has 0 aliphatic rings. The van der Waals surface area contributed by atoms with Gasteiger partial charge in [-0.25, -0.2) is 0 Å². The highest BCUT2D eigenvalue weighted by molar-refractivity contribution is 9.10. The van der Waals surface area contributed by atoms with Crippen molar-refractivity contribution >= 4 is 39.0 Å².